The lowest BCUT2D eigenvalue weighted by Gasteiger charge is -2.25. The van der Waals surface area contributed by atoms with Crippen LogP contribution >= 0.6 is 0 Å². The van der Waals surface area contributed by atoms with Gasteiger partial charge in [-0.05, 0) is 36.0 Å². The minimum Gasteiger partial charge on any atom is -0.494 e. The van der Waals surface area contributed by atoms with Crippen molar-refractivity contribution in [1.82, 2.24) is 0 Å². The van der Waals surface area contributed by atoms with Crippen LogP contribution in [-0.2, 0) is 5.41 Å². The van der Waals surface area contributed by atoms with Gasteiger partial charge in [0.2, 0.25) is 0 Å². The first kappa shape index (κ1) is 15.1. The maximum absolute atomic E-state index is 5.62. The van der Waals surface area contributed by atoms with E-state index in [0.29, 0.717) is 0 Å². The first-order chi connectivity index (χ1) is 8.60. The molecule has 0 aliphatic rings. The lowest BCUT2D eigenvalue weighted by molar-refractivity contribution is 0.317. The fraction of sp³-hybridized carbons (Fsp3) is 0.647. The number of ether oxygens (including phenoxy) is 1. The molecule has 102 valence electrons. The van der Waals surface area contributed by atoms with Crippen LogP contribution in [-0.4, -0.2) is 6.61 Å². The van der Waals surface area contributed by atoms with E-state index in [1.807, 2.05) is 0 Å². The van der Waals surface area contributed by atoms with Crippen LogP contribution < -0.4 is 4.74 Å². The molecule has 0 saturated heterocycles. The predicted molar refractivity (Wildman–Crippen MR) is 79.4 cm³/mol. The van der Waals surface area contributed by atoms with Crippen molar-refractivity contribution in [1.29, 1.82) is 0 Å². The zero-order valence-electron chi connectivity index (χ0n) is 12.5. The van der Waals surface area contributed by atoms with E-state index in [4.69, 9.17) is 4.74 Å². The second-order valence-corrected chi connectivity index (χ2v) is 5.71. The third-order valence-electron chi connectivity index (χ3n) is 3.51. The summed E-state index contributed by atoms with van der Waals surface area (Å²) in [6, 6.07) is 8.65. The Morgan fingerprint density at radius 2 is 1.61 bits per heavy atom. The first-order valence-corrected chi connectivity index (χ1v) is 7.33. The van der Waals surface area contributed by atoms with Gasteiger partial charge in [-0.15, -0.1) is 0 Å². The largest absolute Gasteiger partial charge is 0.494 e. The molecule has 1 rings (SSSR count). The van der Waals surface area contributed by atoms with E-state index in [-0.39, 0.29) is 5.41 Å². The molecule has 0 N–H and O–H groups in total. The summed E-state index contributed by atoms with van der Waals surface area (Å²) >= 11 is 0. The molecule has 0 bridgehead atoms. The average molecular weight is 248 g/mol. The maximum atomic E-state index is 5.62. The van der Waals surface area contributed by atoms with Crippen molar-refractivity contribution in [3.63, 3.8) is 0 Å². The monoisotopic (exact) mass is 248 g/mol. The van der Waals surface area contributed by atoms with Gasteiger partial charge in [0.25, 0.3) is 0 Å². The lowest BCUT2D eigenvalue weighted by atomic mass is 9.80. The third-order valence-corrected chi connectivity index (χ3v) is 3.51. The zero-order valence-corrected chi connectivity index (χ0v) is 12.5. The van der Waals surface area contributed by atoms with Crippen LogP contribution in [0.5, 0.6) is 5.75 Å². The highest BCUT2D eigenvalue weighted by molar-refractivity contribution is 5.31. The Balaban J connectivity index is 2.59. The fourth-order valence-electron chi connectivity index (χ4n) is 2.18. The second-order valence-electron chi connectivity index (χ2n) is 5.71. The summed E-state index contributed by atoms with van der Waals surface area (Å²) in [5.74, 6) is 0.991. The van der Waals surface area contributed by atoms with Gasteiger partial charge in [-0.25, -0.2) is 0 Å². The van der Waals surface area contributed by atoms with Gasteiger partial charge < -0.3 is 4.74 Å². The molecule has 0 aliphatic carbocycles. The Kier molecular flexibility index (Phi) is 6.24. The minimum atomic E-state index is 0.276. The molecule has 1 aromatic rings. The number of benzene rings is 1. The highest BCUT2D eigenvalue weighted by atomic mass is 16.5. The summed E-state index contributed by atoms with van der Waals surface area (Å²) < 4.78 is 5.62. The highest BCUT2D eigenvalue weighted by Gasteiger charge is 2.19. The summed E-state index contributed by atoms with van der Waals surface area (Å²) in [6.07, 6.45) is 6.26. The molecule has 1 aromatic carbocycles. The van der Waals surface area contributed by atoms with Gasteiger partial charge >= 0.3 is 0 Å². The standard InChI is InChI=1S/C17H28O/c1-5-7-8-13-17(3,4)15-9-11-16(12-10-15)18-14-6-2/h9-12H,5-8,13-14H2,1-4H3. The van der Waals surface area contributed by atoms with Crippen LogP contribution in [0, 0.1) is 0 Å². The minimum absolute atomic E-state index is 0.276. The van der Waals surface area contributed by atoms with E-state index in [9.17, 15) is 0 Å². The summed E-state index contributed by atoms with van der Waals surface area (Å²) in [5.41, 5.74) is 1.70. The van der Waals surface area contributed by atoms with Crippen molar-refractivity contribution in [2.24, 2.45) is 0 Å². The summed E-state index contributed by atoms with van der Waals surface area (Å²) in [4.78, 5) is 0. The number of hydrogen-bond donors (Lipinski definition) is 0. The van der Waals surface area contributed by atoms with Crippen molar-refractivity contribution in [2.45, 2.75) is 65.2 Å². The van der Waals surface area contributed by atoms with E-state index in [1.165, 1.54) is 31.2 Å². The van der Waals surface area contributed by atoms with Crippen LogP contribution in [0.4, 0.5) is 0 Å². The van der Waals surface area contributed by atoms with Crippen LogP contribution in [0.25, 0.3) is 0 Å². The molecule has 0 amide bonds. The molecule has 0 fully saturated rings. The summed E-state index contributed by atoms with van der Waals surface area (Å²) in [7, 11) is 0. The predicted octanol–water partition coefficient (Wildman–Crippen LogP) is 5.33. The molecule has 0 saturated carbocycles. The molecule has 0 aliphatic heterocycles. The SMILES string of the molecule is CCCCCC(C)(C)c1ccc(OCCC)cc1. The number of rotatable bonds is 8. The Morgan fingerprint density at radius 1 is 0.944 bits per heavy atom. The second kappa shape index (κ2) is 7.45. The van der Waals surface area contributed by atoms with Crippen LogP contribution in [0.3, 0.4) is 0 Å². The average Bonchev–Trinajstić information content (AvgIpc) is 2.37. The zero-order chi connectivity index (χ0) is 13.4. The Morgan fingerprint density at radius 3 is 2.17 bits per heavy atom. The molecule has 0 spiro atoms. The third kappa shape index (κ3) is 4.72. The fourth-order valence-corrected chi connectivity index (χ4v) is 2.18. The van der Waals surface area contributed by atoms with Crippen LogP contribution in [0.2, 0.25) is 0 Å². The topological polar surface area (TPSA) is 9.23 Å². The smallest absolute Gasteiger partial charge is 0.119 e. The van der Waals surface area contributed by atoms with E-state index in [1.54, 1.807) is 0 Å². The van der Waals surface area contributed by atoms with Crippen molar-refractivity contribution < 1.29 is 4.74 Å². The van der Waals surface area contributed by atoms with Gasteiger partial charge in [0, 0.05) is 0 Å². The molecular formula is C17H28O. The van der Waals surface area contributed by atoms with E-state index in [0.717, 1.165) is 18.8 Å². The van der Waals surface area contributed by atoms with Gasteiger partial charge in [0.15, 0.2) is 0 Å². The van der Waals surface area contributed by atoms with Crippen molar-refractivity contribution in [3.05, 3.63) is 29.8 Å². The number of hydrogen-bond acceptors (Lipinski definition) is 1. The molecule has 18 heavy (non-hydrogen) atoms. The Bertz CT molecular complexity index is 324. The molecule has 0 radical (unpaired) electrons. The summed E-state index contributed by atoms with van der Waals surface area (Å²) in [6.45, 7) is 9.87. The van der Waals surface area contributed by atoms with E-state index < -0.39 is 0 Å². The molecule has 0 atom stereocenters. The van der Waals surface area contributed by atoms with E-state index in [2.05, 4.69) is 52.0 Å². The lowest BCUT2D eigenvalue weighted by Crippen LogP contribution is -2.16. The molecule has 0 heterocycles. The normalized spacial score (nSPS) is 11.6. The first-order valence-electron chi connectivity index (χ1n) is 7.33. The quantitative estimate of drug-likeness (QED) is 0.565. The molecule has 0 unspecified atom stereocenters. The summed E-state index contributed by atoms with van der Waals surface area (Å²) in [5, 5.41) is 0. The van der Waals surface area contributed by atoms with Gasteiger partial charge in [0.1, 0.15) is 5.75 Å². The maximum Gasteiger partial charge on any atom is 0.119 e. The molecule has 1 nitrogen and oxygen atoms in total. The molecule has 0 aromatic heterocycles. The van der Waals surface area contributed by atoms with Crippen LogP contribution in [0.1, 0.15) is 65.4 Å². The van der Waals surface area contributed by atoms with Crippen molar-refractivity contribution in [3.8, 4) is 5.75 Å². The Hall–Kier alpha value is -0.980. The number of unbranched alkanes of at least 4 members (excludes halogenated alkanes) is 2. The highest BCUT2D eigenvalue weighted by Crippen LogP contribution is 2.30. The van der Waals surface area contributed by atoms with Crippen molar-refractivity contribution >= 4 is 0 Å². The molecule has 1 heteroatoms. The van der Waals surface area contributed by atoms with Gasteiger partial charge in [-0.2, -0.15) is 0 Å². The van der Waals surface area contributed by atoms with Crippen LogP contribution in [0.15, 0.2) is 24.3 Å². The van der Waals surface area contributed by atoms with Gasteiger partial charge in [0.05, 0.1) is 6.61 Å². The molecular weight excluding hydrogens is 220 g/mol. The van der Waals surface area contributed by atoms with E-state index >= 15 is 0 Å². The Labute approximate surface area is 113 Å². The van der Waals surface area contributed by atoms with Gasteiger partial charge in [-0.3, -0.25) is 0 Å². The van der Waals surface area contributed by atoms with Crippen molar-refractivity contribution in [2.75, 3.05) is 6.61 Å². The van der Waals surface area contributed by atoms with Gasteiger partial charge in [-0.1, -0.05) is 59.1 Å².